The second-order valence-electron chi connectivity index (χ2n) is 6.13. The van der Waals surface area contributed by atoms with E-state index in [1.165, 1.54) is 12.1 Å². The summed E-state index contributed by atoms with van der Waals surface area (Å²) in [7, 11) is 0. The summed E-state index contributed by atoms with van der Waals surface area (Å²) >= 11 is 7.42. The van der Waals surface area contributed by atoms with E-state index in [0.717, 1.165) is 16.9 Å². The van der Waals surface area contributed by atoms with Gasteiger partial charge in [-0.25, -0.2) is 4.39 Å². The molecule has 0 saturated carbocycles. The molecule has 3 aromatic rings. The maximum Gasteiger partial charge on any atom is 0.275 e. The first-order chi connectivity index (χ1) is 12.4. The van der Waals surface area contributed by atoms with Crippen molar-refractivity contribution in [1.29, 1.82) is 0 Å². The topological polar surface area (TPSA) is 46.2 Å². The number of carbonyl (C=O) groups excluding carboxylic acids is 2. The van der Waals surface area contributed by atoms with Crippen LogP contribution in [0.4, 0.5) is 9.39 Å². The summed E-state index contributed by atoms with van der Waals surface area (Å²) in [6, 6.07) is 15.2. The van der Waals surface area contributed by atoms with E-state index in [1.807, 2.05) is 31.2 Å². The number of halogens is 2. The van der Waals surface area contributed by atoms with Crippen LogP contribution >= 0.6 is 22.9 Å². The van der Waals surface area contributed by atoms with Gasteiger partial charge in [-0.2, -0.15) is 0 Å². The number of Topliss-reactive ketones (excluding diaryl/α,β-unsaturated/α-hetero) is 1. The summed E-state index contributed by atoms with van der Waals surface area (Å²) in [6.07, 6.45) is 0. The molecule has 3 nitrogen and oxygen atoms in total. The Morgan fingerprint density at radius 3 is 2.31 bits per heavy atom. The molecule has 0 radical (unpaired) electrons. The minimum atomic E-state index is -2.78. The standard InChI is InChI=1S/C20H13ClFNO2S/c1-11-7-9-12(10-8-11)14-15-16(24)20(22,13-5-3-2-4-6-13)19(25)23-18(15)26-17(14)21/h2-10H,1H3,(H,23,25). The van der Waals surface area contributed by atoms with Crippen molar-refractivity contribution in [3.8, 4) is 11.1 Å². The third-order valence-corrected chi connectivity index (χ3v) is 5.77. The minimum absolute atomic E-state index is 0.00493. The van der Waals surface area contributed by atoms with Gasteiger partial charge < -0.3 is 5.32 Å². The van der Waals surface area contributed by atoms with Crippen LogP contribution in [0.15, 0.2) is 54.6 Å². The van der Waals surface area contributed by atoms with E-state index in [4.69, 9.17) is 11.6 Å². The fourth-order valence-corrected chi connectivity index (χ4v) is 4.46. The number of aryl methyl sites for hydroxylation is 1. The Kier molecular flexibility index (Phi) is 3.93. The van der Waals surface area contributed by atoms with Crippen LogP contribution in [0, 0.1) is 6.92 Å². The number of nitrogens with one attached hydrogen (secondary N) is 1. The highest BCUT2D eigenvalue weighted by Gasteiger charge is 2.54. The molecule has 0 saturated heterocycles. The number of alkyl halides is 1. The normalized spacial score (nSPS) is 19.2. The van der Waals surface area contributed by atoms with Crippen molar-refractivity contribution in [3.05, 3.63) is 75.6 Å². The number of anilines is 1. The molecular formula is C20H13ClFNO2S. The number of hydrogen-bond acceptors (Lipinski definition) is 3. The highest BCUT2D eigenvalue weighted by molar-refractivity contribution is 7.21. The van der Waals surface area contributed by atoms with Gasteiger partial charge in [0.2, 0.25) is 5.78 Å². The highest BCUT2D eigenvalue weighted by atomic mass is 35.5. The SMILES string of the molecule is Cc1ccc(-c2c(Cl)sc3c2C(=O)C(F)(c2ccccc2)C(=O)N3)cc1. The summed E-state index contributed by atoms with van der Waals surface area (Å²) < 4.78 is 16.1. The number of hydrogen-bond donors (Lipinski definition) is 1. The number of ketones is 1. The van der Waals surface area contributed by atoms with E-state index in [2.05, 4.69) is 5.32 Å². The first kappa shape index (κ1) is 16.9. The number of benzene rings is 2. The predicted molar refractivity (Wildman–Crippen MR) is 102 cm³/mol. The Morgan fingerprint density at radius 2 is 1.65 bits per heavy atom. The Hall–Kier alpha value is -2.50. The zero-order chi connectivity index (χ0) is 18.5. The van der Waals surface area contributed by atoms with E-state index in [-0.39, 0.29) is 16.1 Å². The second kappa shape index (κ2) is 6.04. The average Bonchev–Trinajstić information content (AvgIpc) is 2.97. The van der Waals surface area contributed by atoms with Crippen LogP contribution in [-0.4, -0.2) is 11.7 Å². The molecule has 1 atom stereocenters. The van der Waals surface area contributed by atoms with Gasteiger partial charge >= 0.3 is 0 Å². The molecular weight excluding hydrogens is 373 g/mol. The molecule has 1 N–H and O–H groups in total. The van der Waals surface area contributed by atoms with E-state index in [0.29, 0.717) is 15.5 Å². The number of carbonyl (C=O) groups is 2. The van der Waals surface area contributed by atoms with Gasteiger partial charge in [0, 0.05) is 11.1 Å². The van der Waals surface area contributed by atoms with Crippen LogP contribution in [0.1, 0.15) is 21.5 Å². The van der Waals surface area contributed by atoms with Crippen LogP contribution in [-0.2, 0) is 10.5 Å². The van der Waals surface area contributed by atoms with Gasteiger partial charge in [0.25, 0.3) is 11.6 Å². The quantitative estimate of drug-likeness (QED) is 0.602. The first-order valence-corrected chi connectivity index (χ1v) is 9.12. The van der Waals surface area contributed by atoms with Crippen molar-refractivity contribution in [2.75, 3.05) is 5.32 Å². The van der Waals surface area contributed by atoms with Crippen LogP contribution in [0.5, 0.6) is 0 Å². The summed E-state index contributed by atoms with van der Waals surface area (Å²) in [4.78, 5) is 25.6. The van der Waals surface area contributed by atoms with Crippen molar-refractivity contribution in [1.82, 2.24) is 0 Å². The third-order valence-electron chi connectivity index (χ3n) is 4.46. The lowest BCUT2D eigenvalue weighted by Crippen LogP contribution is -2.47. The molecule has 1 amide bonds. The second-order valence-corrected chi connectivity index (χ2v) is 7.75. The molecule has 6 heteroatoms. The fourth-order valence-electron chi connectivity index (χ4n) is 3.08. The molecule has 1 aliphatic rings. The van der Waals surface area contributed by atoms with Gasteiger partial charge in [0.05, 0.1) is 5.56 Å². The Labute approximate surface area is 158 Å². The van der Waals surface area contributed by atoms with E-state index < -0.39 is 17.4 Å². The van der Waals surface area contributed by atoms with Gasteiger partial charge in [0.15, 0.2) is 0 Å². The molecule has 2 heterocycles. The molecule has 130 valence electrons. The molecule has 2 aromatic carbocycles. The lowest BCUT2D eigenvalue weighted by molar-refractivity contribution is -0.125. The molecule has 0 aliphatic carbocycles. The van der Waals surface area contributed by atoms with Crippen LogP contribution in [0.3, 0.4) is 0 Å². The van der Waals surface area contributed by atoms with Crippen molar-refractivity contribution in [3.63, 3.8) is 0 Å². The smallest absolute Gasteiger partial charge is 0.275 e. The van der Waals surface area contributed by atoms with Crippen molar-refractivity contribution >= 4 is 39.6 Å². The molecule has 26 heavy (non-hydrogen) atoms. The molecule has 4 rings (SSSR count). The monoisotopic (exact) mass is 385 g/mol. The maximum absolute atomic E-state index is 15.7. The van der Waals surface area contributed by atoms with Crippen LogP contribution in [0.2, 0.25) is 4.34 Å². The van der Waals surface area contributed by atoms with Crippen molar-refractivity contribution in [2.45, 2.75) is 12.6 Å². The van der Waals surface area contributed by atoms with E-state index >= 15 is 4.39 Å². The van der Waals surface area contributed by atoms with Crippen LogP contribution < -0.4 is 5.32 Å². The molecule has 1 aliphatic heterocycles. The Balaban J connectivity index is 1.93. The number of thiophene rings is 1. The zero-order valence-corrected chi connectivity index (χ0v) is 15.2. The van der Waals surface area contributed by atoms with Gasteiger partial charge in [-0.15, -0.1) is 11.3 Å². The average molecular weight is 386 g/mol. The summed E-state index contributed by atoms with van der Waals surface area (Å²) in [5.41, 5.74) is -0.441. The van der Waals surface area contributed by atoms with E-state index in [9.17, 15) is 9.59 Å². The number of rotatable bonds is 2. The Morgan fingerprint density at radius 1 is 1.00 bits per heavy atom. The van der Waals surface area contributed by atoms with Gasteiger partial charge in [0.1, 0.15) is 9.34 Å². The Bertz CT molecular complexity index is 1030. The molecule has 0 fully saturated rings. The van der Waals surface area contributed by atoms with Crippen molar-refractivity contribution in [2.24, 2.45) is 0 Å². The number of amides is 1. The predicted octanol–water partition coefficient (Wildman–Crippen LogP) is 5.38. The lowest BCUT2D eigenvalue weighted by Gasteiger charge is -2.28. The fraction of sp³-hybridized carbons (Fsp3) is 0.100. The molecule has 0 bridgehead atoms. The maximum atomic E-state index is 15.7. The summed E-state index contributed by atoms with van der Waals surface area (Å²) in [5, 5.41) is 2.80. The largest absolute Gasteiger partial charge is 0.313 e. The third kappa shape index (κ3) is 2.39. The van der Waals surface area contributed by atoms with Gasteiger partial charge in [-0.05, 0) is 12.5 Å². The zero-order valence-electron chi connectivity index (χ0n) is 13.7. The minimum Gasteiger partial charge on any atom is -0.313 e. The highest BCUT2D eigenvalue weighted by Crippen LogP contribution is 2.49. The first-order valence-electron chi connectivity index (χ1n) is 7.93. The molecule has 0 spiro atoms. The van der Waals surface area contributed by atoms with Crippen LogP contribution in [0.25, 0.3) is 11.1 Å². The van der Waals surface area contributed by atoms with Crippen molar-refractivity contribution < 1.29 is 14.0 Å². The van der Waals surface area contributed by atoms with Gasteiger partial charge in [-0.3, -0.25) is 9.59 Å². The summed E-state index contributed by atoms with van der Waals surface area (Å²) in [5.74, 6) is -1.88. The number of fused-ring (bicyclic) bond motifs is 1. The lowest BCUT2D eigenvalue weighted by atomic mass is 9.83. The van der Waals surface area contributed by atoms with Gasteiger partial charge in [-0.1, -0.05) is 71.8 Å². The van der Waals surface area contributed by atoms with E-state index in [1.54, 1.807) is 18.2 Å². The molecule has 1 aromatic heterocycles. The molecule has 1 unspecified atom stereocenters. The summed E-state index contributed by atoms with van der Waals surface area (Å²) in [6.45, 7) is 1.95.